The summed E-state index contributed by atoms with van der Waals surface area (Å²) >= 11 is 0. The topological polar surface area (TPSA) is 0 Å². The van der Waals surface area contributed by atoms with E-state index in [-0.39, 0.29) is 12.3 Å². The van der Waals surface area contributed by atoms with Crippen molar-refractivity contribution in [1.82, 2.24) is 0 Å². The fourth-order valence-corrected chi connectivity index (χ4v) is 1.27. The maximum Gasteiger partial charge on any atom is 0.250 e. The second-order valence-corrected chi connectivity index (χ2v) is 2.91. The van der Waals surface area contributed by atoms with Gasteiger partial charge in [-0.15, -0.1) is 13.2 Å². The van der Waals surface area contributed by atoms with E-state index in [1.807, 2.05) is 0 Å². The van der Waals surface area contributed by atoms with Crippen molar-refractivity contribution >= 4 is 0 Å². The van der Waals surface area contributed by atoms with Crippen LogP contribution >= 0.6 is 0 Å². The highest BCUT2D eigenvalue weighted by atomic mass is 19.3. The second kappa shape index (κ2) is 4.47. The van der Waals surface area contributed by atoms with Gasteiger partial charge in [-0.25, -0.2) is 8.78 Å². The molecule has 1 fully saturated rings. The summed E-state index contributed by atoms with van der Waals surface area (Å²) in [6.45, 7) is 7.64. The van der Waals surface area contributed by atoms with Crippen molar-refractivity contribution in [2.45, 2.75) is 38.5 Å². The molecular formula is C9H16F2. The molecule has 1 atom stereocenters. The minimum Gasteiger partial charge on any atom is -0.207 e. The van der Waals surface area contributed by atoms with Gasteiger partial charge >= 0.3 is 0 Å². The second-order valence-electron chi connectivity index (χ2n) is 2.91. The van der Waals surface area contributed by atoms with E-state index in [1.165, 1.54) is 0 Å². The highest BCUT2D eigenvalue weighted by Gasteiger charge is 2.37. The van der Waals surface area contributed by atoms with Crippen molar-refractivity contribution in [2.75, 3.05) is 0 Å². The van der Waals surface area contributed by atoms with E-state index in [1.54, 1.807) is 6.92 Å². The van der Waals surface area contributed by atoms with E-state index >= 15 is 0 Å². The normalized spacial score (nSPS) is 28.5. The highest BCUT2D eigenvalue weighted by Crippen LogP contribution is 2.37. The zero-order valence-electron chi connectivity index (χ0n) is 7.08. The Kier molecular flexibility index (Phi) is 4.31. The Labute approximate surface area is 67.3 Å². The summed E-state index contributed by atoms with van der Waals surface area (Å²) in [5.41, 5.74) is 0. The van der Waals surface area contributed by atoms with Gasteiger partial charge in [-0.1, -0.05) is 13.3 Å². The van der Waals surface area contributed by atoms with Crippen molar-refractivity contribution in [3.05, 3.63) is 13.2 Å². The third kappa shape index (κ3) is 3.00. The molecule has 1 rings (SSSR count). The Balaban J connectivity index is 0.000000461. The zero-order valence-corrected chi connectivity index (χ0v) is 7.08. The Morgan fingerprint density at radius 2 is 1.82 bits per heavy atom. The van der Waals surface area contributed by atoms with E-state index in [0.29, 0.717) is 12.8 Å². The van der Waals surface area contributed by atoms with Gasteiger partial charge in [0.2, 0.25) is 0 Å². The summed E-state index contributed by atoms with van der Waals surface area (Å²) in [4.78, 5) is 0. The zero-order chi connectivity index (χ0) is 8.91. The van der Waals surface area contributed by atoms with Crippen molar-refractivity contribution in [3.8, 4) is 0 Å². The van der Waals surface area contributed by atoms with E-state index in [0.717, 1.165) is 6.42 Å². The fraction of sp³-hybridized carbons (Fsp3) is 0.778. The van der Waals surface area contributed by atoms with Gasteiger partial charge in [0.05, 0.1) is 0 Å². The minimum absolute atomic E-state index is 0.105. The van der Waals surface area contributed by atoms with Gasteiger partial charge in [0.15, 0.2) is 0 Å². The van der Waals surface area contributed by atoms with Crippen LogP contribution < -0.4 is 0 Å². The third-order valence-corrected chi connectivity index (χ3v) is 2.12. The third-order valence-electron chi connectivity index (χ3n) is 2.12. The Morgan fingerprint density at radius 1 is 1.27 bits per heavy atom. The molecule has 0 bridgehead atoms. The van der Waals surface area contributed by atoms with Crippen molar-refractivity contribution < 1.29 is 8.78 Å². The molecule has 11 heavy (non-hydrogen) atoms. The average molecular weight is 162 g/mol. The van der Waals surface area contributed by atoms with Gasteiger partial charge in [-0.3, -0.25) is 0 Å². The van der Waals surface area contributed by atoms with E-state index < -0.39 is 5.92 Å². The maximum absolute atomic E-state index is 12.6. The van der Waals surface area contributed by atoms with Crippen molar-refractivity contribution in [2.24, 2.45) is 5.92 Å². The highest BCUT2D eigenvalue weighted by molar-refractivity contribution is 4.77. The molecule has 1 aliphatic carbocycles. The van der Waals surface area contributed by atoms with Crippen LogP contribution in [0.15, 0.2) is 13.2 Å². The summed E-state index contributed by atoms with van der Waals surface area (Å²) < 4.78 is 25.2. The van der Waals surface area contributed by atoms with Crippen LogP contribution in [-0.4, -0.2) is 5.92 Å². The monoisotopic (exact) mass is 162 g/mol. The van der Waals surface area contributed by atoms with Gasteiger partial charge in [0, 0.05) is 12.3 Å². The molecule has 0 spiro atoms. The molecule has 1 saturated carbocycles. The Hall–Kier alpha value is -0.400. The smallest absolute Gasteiger partial charge is 0.207 e. The first kappa shape index (κ1) is 10.6. The van der Waals surface area contributed by atoms with Crippen LogP contribution in [0.3, 0.4) is 0 Å². The van der Waals surface area contributed by atoms with Gasteiger partial charge in [0.1, 0.15) is 0 Å². The van der Waals surface area contributed by atoms with E-state index in [4.69, 9.17) is 0 Å². The van der Waals surface area contributed by atoms with Crippen LogP contribution in [-0.2, 0) is 0 Å². The molecule has 0 aromatic rings. The molecule has 0 saturated heterocycles. The molecule has 0 aromatic heterocycles. The number of halogens is 2. The average Bonchev–Trinajstić information content (AvgIpc) is 2.00. The summed E-state index contributed by atoms with van der Waals surface area (Å²) in [6, 6.07) is 0. The Bertz CT molecular complexity index is 110. The molecule has 0 radical (unpaired) electrons. The SMILES string of the molecule is C=C.CC1CCCCC1(F)F. The van der Waals surface area contributed by atoms with Crippen LogP contribution in [0.5, 0.6) is 0 Å². The lowest BCUT2D eigenvalue weighted by molar-refractivity contribution is -0.0783. The van der Waals surface area contributed by atoms with Crippen molar-refractivity contribution in [3.63, 3.8) is 0 Å². The van der Waals surface area contributed by atoms with Gasteiger partial charge < -0.3 is 0 Å². The number of alkyl halides is 2. The molecule has 0 aliphatic heterocycles. The summed E-state index contributed by atoms with van der Waals surface area (Å²) in [5.74, 6) is -2.75. The molecular weight excluding hydrogens is 146 g/mol. The van der Waals surface area contributed by atoms with Gasteiger partial charge in [0.25, 0.3) is 5.92 Å². The number of hydrogen-bond acceptors (Lipinski definition) is 0. The van der Waals surface area contributed by atoms with E-state index in [9.17, 15) is 8.78 Å². The predicted octanol–water partition coefficient (Wildman–Crippen LogP) is 3.63. The molecule has 0 heterocycles. The van der Waals surface area contributed by atoms with Crippen molar-refractivity contribution in [1.29, 1.82) is 0 Å². The first-order chi connectivity index (χ1) is 5.13. The molecule has 1 unspecified atom stereocenters. The lowest BCUT2D eigenvalue weighted by Gasteiger charge is -2.27. The standard InChI is InChI=1S/C7H12F2.C2H4/c1-6-4-2-3-5-7(6,8)9;1-2/h6H,2-5H2,1H3;1-2H2. The van der Waals surface area contributed by atoms with Gasteiger partial charge in [-0.05, 0) is 12.8 Å². The van der Waals surface area contributed by atoms with Crippen LogP contribution in [0.2, 0.25) is 0 Å². The first-order valence-electron chi connectivity index (χ1n) is 4.01. The quantitative estimate of drug-likeness (QED) is 0.477. The van der Waals surface area contributed by atoms with Gasteiger partial charge in [-0.2, -0.15) is 0 Å². The van der Waals surface area contributed by atoms with Crippen LogP contribution in [0, 0.1) is 5.92 Å². The molecule has 0 aromatic carbocycles. The molecule has 0 amide bonds. The minimum atomic E-state index is -2.36. The number of hydrogen-bond donors (Lipinski definition) is 0. The molecule has 0 N–H and O–H groups in total. The summed E-state index contributed by atoms with van der Waals surface area (Å²) in [6.07, 6.45) is 2.50. The van der Waals surface area contributed by atoms with Crippen LogP contribution in [0.25, 0.3) is 0 Å². The lowest BCUT2D eigenvalue weighted by Crippen LogP contribution is -2.29. The maximum atomic E-state index is 12.6. The van der Waals surface area contributed by atoms with Crippen LogP contribution in [0.4, 0.5) is 8.78 Å². The summed E-state index contributed by atoms with van der Waals surface area (Å²) in [5, 5.41) is 0. The fourth-order valence-electron chi connectivity index (χ4n) is 1.27. The molecule has 0 nitrogen and oxygen atoms in total. The Morgan fingerprint density at radius 3 is 2.09 bits per heavy atom. The largest absolute Gasteiger partial charge is 0.250 e. The summed E-state index contributed by atoms with van der Waals surface area (Å²) in [7, 11) is 0. The predicted molar refractivity (Wildman–Crippen MR) is 43.8 cm³/mol. The molecule has 66 valence electrons. The molecule has 2 heteroatoms. The number of rotatable bonds is 0. The van der Waals surface area contributed by atoms with Crippen LogP contribution in [0.1, 0.15) is 32.6 Å². The lowest BCUT2D eigenvalue weighted by atomic mass is 9.87. The first-order valence-corrected chi connectivity index (χ1v) is 4.01. The van der Waals surface area contributed by atoms with E-state index in [2.05, 4.69) is 13.2 Å². The molecule has 1 aliphatic rings.